The Kier molecular flexibility index (Phi) is 10.7. The van der Waals surface area contributed by atoms with E-state index in [1.54, 1.807) is 0 Å². The molecule has 4 aromatic rings. The number of halogens is 6. The molecule has 244 valence electrons. The van der Waals surface area contributed by atoms with Crippen LogP contribution in [-0.2, 0) is 30.4 Å². The summed E-state index contributed by atoms with van der Waals surface area (Å²) in [6, 6.07) is 19.8. The molecule has 0 bridgehead atoms. The Morgan fingerprint density at radius 2 is 0.913 bits per heavy atom. The summed E-state index contributed by atoms with van der Waals surface area (Å²) in [4.78, 5) is 13.6. The molecule has 4 rings (SSSR count). The summed E-state index contributed by atoms with van der Waals surface area (Å²) in [6.07, 6.45) is -13.6. The van der Waals surface area contributed by atoms with Gasteiger partial charge in [-0.25, -0.2) is 0 Å². The minimum absolute atomic E-state index is 0.0466. The van der Waals surface area contributed by atoms with E-state index in [9.17, 15) is 51.6 Å². The van der Waals surface area contributed by atoms with Gasteiger partial charge in [-0.15, -0.1) is 0 Å². The first-order valence-electron chi connectivity index (χ1n) is 13.7. The zero-order valence-corrected chi connectivity index (χ0v) is 23.7. The Labute approximate surface area is 258 Å². The van der Waals surface area contributed by atoms with E-state index in [1.165, 1.54) is 72.8 Å². The fraction of sp³-hybridized carbons (Fsp3) is 0.242. The summed E-state index contributed by atoms with van der Waals surface area (Å²) in [5.74, 6) is -4.05. The lowest BCUT2D eigenvalue weighted by Gasteiger charge is -2.26. The normalized spacial score (nSPS) is 13.5. The van der Waals surface area contributed by atoms with E-state index in [2.05, 4.69) is 0 Å². The molecule has 0 fully saturated rings. The van der Waals surface area contributed by atoms with Crippen molar-refractivity contribution in [1.29, 1.82) is 0 Å². The average molecular weight is 651 g/mol. The van der Waals surface area contributed by atoms with Crippen molar-refractivity contribution in [3.05, 3.63) is 130 Å². The molecular weight excluding hydrogens is 622 g/mol. The molecule has 0 aromatic heterocycles. The predicted octanol–water partition coefficient (Wildman–Crippen LogP) is 5.94. The molecular formula is C33H28F6O7. The molecule has 0 heterocycles. The van der Waals surface area contributed by atoms with E-state index in [-0.39, 0.29) is 35.8 Å². The van der Waals surface area contributed by atoms with Crippen LogP contribution in [0.5, 0.6) is 11.5 Å². The number of benzene rings is 4. The van der Waals surface area contributed by atoms with Crippen molar-refractivity contribution in [2.45, 2.75) is 50.0 Å². The maximum atomic E-state index is 13.6. The third kappa shape index (κ3) is 8.85. The molecule has 0 spiro atoms. The number of Topliss-reactive ketones (excluding diaryl/α,β-unsaturated/α-hetero) is 1. The van der Waals surface area contributed by atoms with Crippen LogP contribution in [0.15, 0.2) is 97.1 Å². The van der Waals surface area contributed by atoms with Gasteiger partial charge in [0.2, 0.25) is 0 Å². The third-order valence-electron chi connectivity index (χ3n) is 7.02. The molecule has 0 aliphatic rings. The SMILES string of the molecule is O=C(C(c1cccc(OCc2ccc(C(F)(F)F)cc2)c1)C(O)O)C(c1cccc(OCc2ccc(C(F)(F)F)cc2)c1)C(O)O. The second-order valence-corrected chi connectivity index (χ2v) is 10.3. The highest BCUT2D eigenvalue weighted by Gasteiger charge is 2.37. The second kappa shape index (κ2) is 14.3. The van der Waals surface area contributed by atoms with Crippen LogP contribution in [0, 0.1) is 0 Å². The molecule has 2 unspecified atom stereocenters. The third-order valence-corrected chi connectivity index (χ3v) is 7.02. The maximum absolute atomic E-state index is 13.6. The number of carbonyl (C=O) groups excluding carboxylic acids is 1. The van der Waals surface area contributed by atoms with Crippen molar-refractivity contribution in [2.24, 2.45) is 0 Å². The molecule has 2 atom stereocenters. The first kappa shape index (κ1) is 34.4. The monoisotopic (exact) mass is 650 g/mol. The second-order valence-electron chi connectivity index (χ2n) is 10.3. The van der Waals surface area contributed by atoms with Gasteiger partial charge in [0.25, 0.3) is 0 Å². The van der Waals surface area contributed by atoms with Gasteiger partial charge >= 0.3 is 12.4 Å². The molecule has 7 nitrogen and oxygen atoms in total. The molecule has 0 aliphatic heterocycles. The average Bonchev–Trinajstić information content (AvgIpc) is 2.99. The van der Waals surface area contributed by atoms with Crippen molar-refractivity contribution in [2.75, 3.05) is 0 Å². The molecule has 4 N–H and O–H groups in total. The number of carbonyl (C=O) groups is 1. The van der Waals surface area contributed by atoms with Crippen LogP contribution in [0.25, 0.3) is 0 Å². The van der Waals surface area contributed by atoms with E-state index in [1.807, 2.05) is 0 Å². The number of ketones is 1. The summed E-state index contributed by atoms with van der Waals surface area (Å²) in [5, 5.41) is 40.7. The van der Waals surface area contributed by atoms with Gasteiger partial charge in [0.1, 0.15) is 24.7 Å². The molecule has 0 amide bonds. The lowest BCUT2D eigenvalue weighted by Crippen LogP contribution is -2.35. The van der Waals surface area contributed by atoms with Gasteiger partial charge in [0.05, 0.1) is 23.0 Å². The molecule has 0 saturated carbocycles. The van der Waals surface area contributed by atoms with Crippen molar-refractivity contribution in [3.8, 4) is 11.5 Å². The van der Waals surface area contributed by atoms with Crippen LogP contribution in [0.1, 0.15) is 45.2 Å². The van der Waals surface area contributed by atoms with Gasteiger partial charge in [-0.1, -0.05) is 48.5 Å². The summed E-state index contributed by atoms with van der Waals surface area (Å²) in [5.41, 5.74) is -0.730. The first-order valence-corrected chi connectivity index (χ1v) is 13.7. The number of aliphatic hydroxyl groups excluding tert-OH is 2. The van der Waals surface area contributed by atoms with E-state index in [0.717, 1.165) is 24.3 Å². The van der Waals surface area contributed by atoms with Crippen LogP contribution in [0.4, 0.5) is 26.3 Å². The summed E-state index contributed by atoms with van der Waals surface area (Å²) >= 11 is 0. The number of rotatable bonds is 12. The Balaban J connectivity index is 1.49. The number of hydrogen-bond acceptors (Lipinski definition) is 7. The zero-order chi connectivity index (χ0) is 33.6. The van der Waals surface area contributed by atoms with E-state index in [4.69, 9.17) is 9.47 Å². The Bertz CT molecular complexity index is 1480. The fourth-order valence-electron chi connectivity index (χ4n) is 4.67. The first-order chi connectivity index (χ1) is 21.6. The largest absolute Gasteiger partial charge is 0.489 e. The lowest BCUT2D eigenvalue weighted by molar-refractivity contribution is -0.143. The summed E-state index contributed by atoms with van der Waals surface area (Å²) < 4.78 is 88.2. The van der Waals surface area contributed by atoms with Gasteiger partial charge in [0.15, 0.2) is 18.4 Å². The number of hydrogen-bond donors (Lipinski definition) is 4. The van der Waals surface area contributed by atoms with Gasteiger partial charge in [-0.2, -0.15) is 26.3 Å². The fourth-order valence-corrected chi connectivity index (χ4v) is 4.67. The van der Waals surface area contributed by atoms with E-state index in [0.29, 0.717) is 11.1 Å². The highest BCUT2D eigenvalue weighted by Crippen LogP contribution is 2.34. The topological polar surface area (TPSA) is 116 Å². The predicted molar refractivity (Wildman–Crippen MR) is 151 cm³/mol. The van der Waals surface area contributed by atoms with Crippen LogP contribution in [0.2, 0.25) is 0 Å². The molecule has 46 heavy (non-hydrogen) atoms. The Hall–Kier alpha value is -4.43. The molecule has 4 aromatic carbocycles. The number of alkyl halides is 6. The quantitative estimate of drug-likeness (QED) is 0.111. The Morgan fingerprint density at radius 3 is 1.22 bits per heavy atom. The van der Waals surface area contributed by atoms with E-state index >= 15 is 0 Å². The van der Waals surface area contributed by atoms with Gasteiger partial charge < -0.3 is 29.9 Å². The standard InChI is InChI=1S/C33H28F6O7/c34-32(35,36)23-11-7-19(8-12-23)17-45-25-5-1-3-21(15-25)27(30(41)42)29(40)28(31(43)44)22-4-2-6-26(16-22)46-18-20-9-13-24(14-10-20)33(37,38)39/h1-16,27-28,30-31,41-44H,17-18H2. The van der Waals surface area contributed by atoms with Crippen LogP contribution in [0.3, 0.4) is 0 Å². The van der Waals surface area contributed by atoms with Gasteiger partial charge in [-0.3, -0.25) is 4.79 Å². The van der Waals surface area contributed by atoms with Crippen molar-refractivity contribution < 1.29 is 61.0 Å². The molecule has 0 saturated heterocycles. The highest BCUT2D eigenvalue weighted by atomic mass is 19.4. The number of aliphatic hydroxyl groups is 4. The summed E-state index contributed by atoms with van der Waals surface area (Å²) in [7, 11) is 0. The van der Waals surface area contributed by atoms with Crippen LogP contribution >= 0.6 is 0 Å². The molecule has 0 radical (unpaired) electrons. The van der Waals surface area contributed by atoms with Crippen molar-refractivity contribution in [1.82, 2.24) is 0 Å². The number of ether oxygens (including phenoxy) is 2. The Morgan fingerprint density at radius 1 is 0.565 bits per heavy atom. The minimum Gasteiger partial charge on any atom is -0.489 e. The maximum Gasteiger partial charge on any atom is 0.416 e. The van der Waals surface area contributed by atoms with Crippen molar-refractivity contribution in [3.63, 3.8) is 0 Å². The van der Waals surface area contributed by atoms with Crippen molar-refractivity contribution >= 4 is 5.78 Å². The molecule has 13 heteroatoms. The van der Waals surface area contributed by atoms with Crippen LogP contribution in [-0.4, -0.2) is 38.8 Å². The smallest absolute Gasteiger partial charge is 0.416 e. The van der Waals surface area contributed by atoms with Gasteiger partial charge in [0, 0.05) is 0 Å². The lowest BCUT2D eigenvalue weighted by atomic mass is 9.82. The van der Waals surface area contributed by atoms with Crippen LogP contribution < -0.4 is 9.47 Å². The zero-order valence-electron chi connectivity index (χ0n) is 23.7. The minimum atomic E-state index is -4.50. The molecule has 0 aliphatic carbocycles. The van der Waals surface area contributed by atoms with Gasteiger partial charge in [-0.05, 0) is 70.8 Å². The van der Waals surface area contributed by atoms with E-state index < -0.39 is 53.7 Å². The highest BCUT2D eigenvalue weighted by molar-refractivity contribution is 5.92. The summed E-state index contributed by atoms with van der Waals surface area (Å²) in [6.45, 7) is -0.280.